The Balaban J connectivity index is 2.16. The van der Waals surface area contributed by atoms with Crippen molar-refractivity contribution in [2.45, 2.75) is 68.3 Å². The lowest BCUT2D eigenvalue weighted by Crippen LogP contribution is -2.67. The molecule has 12 heteroatoms. The summed E-state index contributed by atoms with van der Waals surface area (Å²) in [5, 5.41) is 70.7. The molecule has 2 fully saturated rings. The van der Waals surface area contributed by atoms with E-state index in [0.29, 0.717) is 0 Å². The number of carbonyl (C=O) groups excluding carboxylic acids is 1. The molecule has 1 amide bonds. The Labute approximate surface area is 148 Å². The van der Waals surface area contributed by atoms with Gasteiger partial charge in [0.2, 0.25) is 5.91 Å². The third-order valence-electron chi connectivity index (χ3n) is 4.38. The number of aliphatic hydroxyl groups excluding tert-OH is 7. The van der Waals surface area contributed by atoms with Crippen LogP contribution >= 0.6 is 0 Å². The zero-order chi connectivity index (χ0) is 19.6. The zero-order valence-electron chi connectivity index (χ0n) is 14.0. The standard InChI is InChI=1S/C14H25NO11/c1-4(18)15-7-9(20)12(6(3-17)24-13(7)23)26-14-11(22)10(21)8(19)5(2-16)25-14/h5-14,16-17,19-23H,2-3H2,1H3,(H,15,18)/t5-,6-,7-,8-,9-,10+,11+,12-,13-,14-/m1/s1. The van der Waals surface area contributed by atoms with Crippen LogP contribution in [0.1, 0.15) is 6.92 Å². The van der Waals surface area contributed by atoms with Gasteiger partial charge in [-0.3, -0.25) is 4.79 Å². The highest BCUT2D eigenvalue weighted by Crippen LogP contribution is 2.28. The number of rotatable bonds is 5. The van der Waals surface area contributed by atoms with Crippen LogP contribution in [0.3, 0.4) is 0 Å². The second-order valence-electron chi connectivity index (χ2n) is 6.26. The van der Waals surface area contributed by atoms with Crippen LogP contribution in [0, 0.1) is 0 Å². The first-order chi connectivity index (χ1) is 12.2. The van der Waals surface area contributed by atoms with Gasteiger partial charge in [0.05, 0.1) is 13.2 Å². The molecule has 10 atom stereocenters. The summed E-state index contributed by atoms with van der Waals surface area (Å²) < 4.78 is 15.7. The molecule has 0 aromatic rings. The molecule has 0 radical (unpaired) electrons. The molecular weight excluding hydrogens is 358 g/mol. The van der Waals surface area contributed by atoms with Crippen molar-refractivity contribution in [3.63, 3.8) is 0 Å². The van der Waals surface area contributed by atoms with Gasteiger partial charge in [-0.05, 0) is 0 Å². The summed E-state index contributed by atoms with van der Waals surface area (Å²) in [5.74, 6) is -0.564. The SMILES string of the molecule is CC(=O)N[C@@H]1[C@@H](O)[C@H](O[C@H]2O[C@H](CO)[C@@H](O)[C@H](O)[C@@H]2O)[C@@H](CO)O[C@H]1O. The van der Waals surface area contributed by atoms with Gasteiger partial charge in [0.1, 0.15) is 48.8 Å². The van der Waals surface area contributed by atoms with Gasteiger partial charge in [-0.1, -0.05) is 0 Å². The lowest BCUT2D eigenvalue weighted by molar-refractivity contribution is -0.345. The van der Waals surface area contributed by atoms with Crippen LogP contribution in [0.25, 0.3) is 0 Å². The van der Waals surface area contributed by atoms with Gasteiger partial charge >= 0.3 is 0 Å². The van der Waals surface area contributed by atoms with E-state index in [1.165, 1.54) is 0 Å². The maximum absolute atomic E-state index is 11.2. The smallest absolute Gasteiger partial charge is 0.217 e. The summed E-state index contributed by atoms with van der Waals surface area (Å²) in [6, 6.07) is -1.29. The fraction of sp³-hybridized carbons (Fsp3) is 0.929. The highest BCUT2D eigenvalue weighted by molar-refractivity contribution is 5.73. The van der Waals surface area contributed by atoms with E-state index in [1.54, 1.807) is 0 Å². The first kappa shape index (κ1) is 21.4. The van der Waals surface area contributed by atoms with Gasteiger partial charge in [-0.15, -0.1) is 0 Å². The molecule has 0 aliphatic carbocycles. The Morgan fingerprint density at radius 1 is 0.923 bits per heavy atom. The average molecular weight is 383 g/mol. The van der Waals surface area contributed by atoms with E-state index in [9.17, 15) is 40.5 Å². The fourth-order valence-corrected chi connectivity index (χ4v) is 2.98. The molecule has 26 heavy (non-hydrogen) atoms. The molecule has 2 aliphatic heterocycles. The van der Waals surface area contributed by atoms with Gasteiger partial charge in [0, 0.05) is 6.92 Å². The van der Waals surface area contributed by atoms with Crippen LogP contribution < -0.4 is 5.32 Å². The fourth-order valence-electron chi connectivity index (χ4n) is 2.98. The van der Waals surface area contributed by atoms with Crippen LogP contribution in [0.15, 0.2) is 0 Å². The lowest BCUT2D eigenvalue weighted by Gasteiger charge is -2.46. The van der Waals surface area contributed by atoms with Crippen molar-refractivity contribution < 1.29 is 54.8 Å². The number of ether oxygens (including phenoxy) is 3. The Kier molecular flexibility index (Phi) is 7.27. The highest BCUT2D eigenvalue weighted by atomic mass is 16.7. The monoisotopic (exact) mass is 383 g/mol. The molecule has 2 heterocycles. The Morgan fingerprint density at radius 2 is 1.54 bits per heavy atom. The number of nitrogens with one attached hydrogen (secondary N) is 1. The minimum absolute atomic E-state index is 0.564. The van der Waals surface area contributed by atoms with Gasteiger partial charge < -0.3 is 55.3 Å². The summed E-state index contributed by atoms with van der Waals surface area (Å²) in [7, 11) is 0. The first-order valence-corrected chi connectivity index (χ1v) is 8.06. The lowest BCUT2D eigenvalue weighted by atomic mass is 9.95. The van der Waals surface area contributed by atoms with Crippen LogP contribution in [-0.2, 0) is 19.0 Å². The van der Waals surface area contributed by atoms with Crippen molar-refractivity contribution in [1.29, 1.82) is 0 Å². The van der Waals surface area contributed by atoms with Crippen LogP contribution in [0.2, 0.25) is 0 Å². The molecule has 152 valence electrons. The quantitative estimate of drug-likeness (QED) is 0.226. The zero-order valence-corrected chi connectivity index (χ0v) is 14.0. The predicted molar refractivity (Wildman–Crippen MR) is 80.2 cm³/mol. The Morgan fingerprint density at radius 3 is 2.08 bits per heavy atom. The topological polar surface area (TPSA) is 198 Å². The van der Waals surface area contributed by atoms with Crippen LogP contribution in [-0.4, -0.2) is 116 Å². The third kappa shape index (κ3) is 4.31. The third-order valence-corrected chi connectivity index (χ3v) is 4.38. The second-order valence-corrected chi connectivity index (χ2v) is 6.26. The maximum Gasteiger partial charge on any atom is 0.217 e. The average Bonchev–Trinajstić information content (AvgIpc) is 2.60. The van der Waals surface area contributed by atoms with Gasteiger partial charge in [-0.2, -0.15) is 0 Å². The van der Waals surface area contributed by atoms with Gasteiger partial charge in [-0.25, -0.2) is 0 Å². The van der Waals surface area contributed by atoms with Gasteiger partial charge in [0.25, 0.3) is 0 Å². The number of carbonyl (C=O) groups is 1. The molecular formula is C14H25NO11. The molecule has 0 aromatic carbocycles. The summed E-state index contributed by atoms with van der Waals surface area (Å²) in [6.07, 6.45) is -13.6. The highest BCUT2D eigenvalue weighted by Gasteiger charge is 2.50. The summed E-state index contributed by atoms with van der Waals surface area (Å²) >= 11 is 0. The van der Waals surface area contributed by atoms with Crippen molar-refractivity contribution in [2.24, 2.45) is 0 Å². The largest absolute Gasteiger partial charge is 0.394 e. The molecule has 0 bridgehead atoms. The number of hydrogen-bond acceptors (Lipinski definition) is 11. The van der Waals surface area contributed by atoms with E-state index in [1.807, 2.05) is 0 Å². The van der Waals surface area contributed by atoms with Crippen molar-refractivity contribution in [3.8, 4) is 0 Å². The van der Waals surface area contributed by atoms with Crippen LogP contribution in [0.4, 0.5) is 0 Å². The predicted octanol–water partition coefficient (Wildman–Crippen LogP) is -5.25. The summed E-state index contributed by atoms with van der Waals surface area (Å²) in [4.78, 5) is 11.2. The van der Waals surface area contributed by atoms with E-state index in [2.05, 4.69) is 5.32 Å². The molecule has 8 N–H and O–H groups in total. The van der Waals surface area contributed by atoms with Crippen LogP contribution in [0.5, 0.6) is 0 Å². The minimum Gasteiger partial charge on any atom is -0.394 e. The molecule has 0 saturated carbocycles. The second kappa shape index (κ2) is 8.84. The van der Waals surface area contributed by atoms with E-state index >= 15 is 0 Å². The van der Waals surface area contributed by atoms with E-state index in [0.717, 1.165) is 6.92 Å². The van der Waals surface area contributed by atoms with E-state index in [-0.39, 0.29) is 0 Å². The van der Waals surface area contributed by atoms with Crippen molar-refractivity contribution in [3.05, 3.63) is 0 Å². The van der Waals surface area contributed by atoms with E-state index < -0.39 is 80.5 Å². The number of hydrogen-bond donors (Lipinski definition) is 8. The summed E-state index contributed by atoms with van der Waals surface area (Å²) in [5.41, 5.74) is 0. The minimum atomic E-state index is -1.73. The molecule has 2 aliphatic rings. The molecule has 2 rings (SSSR count). The maximum atomic E-state index is 11.2. The van der Waals surface area contributed by atoms with E-state index in [4.69, 9.17) is 14.2 Å². The molecule has 12 nitrogen and oxygen atoms in total. The Bertz CT molecular complexity index is 478. The first-order valence-electron chi connectivity index (χ1n) is 8.06. The van der Waals surface area contributed by atoms with Crippen molar-refractivity contribution in [1.82, 2.24) is 5.32 Å². The molecule has 0 spiro atoms. The number of amides is 1. The van der Waals surface area contributed by atoms with Gasteiger partial charge in [0.15, 0.2) is 12.6 Å². The Hall–Kier alpha value is -0.930. The normalized spacial score (nSPS) is 46.8. The van der Waals surface area contributed by atoms with Crippen molar-refractivity contribution in [2.75, 3.05) is 13.2 Å². The number of aliphatic hydroxyl groups is 7. The molecule has 0 unspecified atom stereocenters. The summed E-state index contributed by atoms with van der Waals surface area (Å²) in [6.45, 7) is -0.195. The van der Waals surface area contributed by atoms with Crippen molar-refractivity contribution >= 4 is 5.91 Å². The molecule has 0 aromatic heterocycles. The molecule has 2 saturated heterocycles.